The van der Waals surface area contributed by atoms with Gasteiger partial charge in [-0.1, -0.05) is 0 Å². The lowest BCUT2D eigenvalue weighted by atomic mass is 10.2. The van der Waals surface area contributed by atoms with Crippen LogP contribution in [0.25, 0.3) is 0 Å². The lowest BCUT2D eigenvalue weighted by molar-refractivity contribution is 0.0940. The quantitative estimate of drug-likeness (QED) is 0.854. The van der Waals surface area contributed by atoms with Crippen LogP contribution >= 0.6 is 0 Å². The van der Waals surface area contributed by atoms with Gasteiger partial charge < -0.3 is 15.1 Å². The van der Waals surface area contributed by atoms with Gasteiger partial charge in [0.2, 0.25) is 5.82 Å². The Hall–Kier alpha value is -2.61. The fraction of sp³-hybridized carbons (Fsp3) is 0.500. The lowest BCUT2D eigenvalue weighted by Crippen LogP contribution is -2.33. The van der Waals surface area contributed by atoms with E-state index in [9.17, 15) is 4.79 Å². The normalized spacial score (nSPS) is 17.0. The predicted octanol–water partition coefficient (Wildman–Crippen LogP) is 0.954. The van der Waals surface area contributed by atoms with Crippen LogP contribution < -0.4 is 10.2 Å². The molecule has 1 fully saturated rings. The van der Waals surface area contributed by atoms with Crippen molar-refractivity contribution in [3.63, 3.8) is 0 Å². The van der Waals surface area contributed by atoms with Crippen molar-refractivity contribution in [1.82, 2.24) is 30.2 Å². The molecule has 0 aromatic carbocycles. The first kappa shape index (κ1) is 18.2. The molecule has 1 aliphatic heterocycles. The molecule has 0 saturated carbocycles. The molecule has 2 aromatic heterocycles. The maximum absolute atomic E-state index is 12.5. The van der Waals surface area contributed by atoms with Gasteiger partial charge in [0.05, 0.1) is 0 Å². The number of carbonyl (C=O) groups is 1. The lowest BCUT2D eigenvalue weighted by Gasteiger charge is -2.23. The van der Waals surface area contributed by atoms with Gasteiger partial charge in [0, 0.05) is 54.9 Å². The molecule has 1 aliphatic rings. The Balaban J connectivity index is 1.76. The Kier molecular flexibility index (Phi) is 5.41. The first-order valence-corrected chi connectivity index (χ1v) is 8.74. The highest BCUT2D eigenvalue weighted by Gasteiger charge is 2.27. The SMILES string of the molecule is Cc1nc(C(=O)NCc2cncnc2)nc(N2CC[C@@H](N(C)C)C2)c1C. The van der Waals surface area contributed by atoms with Crippen LogP contribution in [0.1, 0.15) is 33.9 Å². The van der Waals surface area contributed by atoms with Gasteiger partial charge >= 0.3 is 0 Å². The van der Waals surface area contributed by atoms with E-state index >= 15 is 0 Å². The van der Waals surface area contributed by atoms with E-state index in [1.54, 1.807) is 12.4 Å². The Labute approximate surface area is 153 Å². The first-order valence-electron chi connectivity index (χ1n) is 8.74. The van der Waals surface area contributed by atoms with Gasteiger partial charge in [0.15, 0.2) is 0 Å². The Morgan fingerprint density at radius 3 is 2.65 bits per heavy atom. The highest BCUT2D eigenvalue weighted by molar-refractivity contribution is 5.91. The number of rotatable bonds is 5. The largest absolute Gasteiger partial charge is 0.355 e. The molecule has 3 heterocycles. The van der Waals surface area contributed by atoms with Crippen molar-refractivity contribution in [2.45, 2.75) is 32.9 Å². The fourth-order valence-electron chi connectivity index (χ4n) is 3.06. The summed E-state index contributed by atoms with van der Waals surface area (Å²) in [4.78, 5) is 33.8. The van der Waals surface area contributed by atoms with E-state index in [2.05, 4.69) is 49.1 Å². The van der Waals surface area contributed by atoms with E-state index in [1.165, 1.54) is 6.33 Å². The highest BCUT2D eigenvalue weighted by Crippen LogP contribution is 2.25. The van der Waals surface area contributed by atoms with Crippen molar-refractivity contribution >= 4 is 11.7 Å². The number of aromatic nitrogens is 4. The van der Waals surface area contributed by atoms with E-state index in [1.807, 2.05) is 13.8 Å². The summed E-state index contributed by atoms with van der Waals surface area (Å²) in [6, 6.07) is 0.500. The van der Waals surface area contributed by atoms with Gasteiger partial charge in [0.25, 0.3) is 5.91 Å². The summed E-state index contributed by atoms with van der Waals surface area (Å²) in [6.45, 7) is 6.12. The van der Waals surface area contributed by atoms with Crippen LogP contribution in [-0.4, -0.2) is 64.0 Å². The number of nitrogens with zero attached hydrogens (tertiary/aromatic N) is 6. The van der Waals surface area contributed by atoms with Gasteiger partial charge in [-0.2, -0.15) is 0 Å². The van der Waals surface area contributed by atoms with E-state index in [0.717, 1.165) is 42.1 Å². The average molecular weight is 355 g/mol. The van der Waals surface area contributed by atoms with E-state index in [-0.39, 0.29) is 11.7 Å². The Bertz CT molecular complexity index is 779. The Morgan fingerprint density at radius 1 is 1.27 bits per heavy atom. The number of nitrogens with one attached hydrogen (secondary N) is 1. The van der Waals surface area contributed by atoms with Crippen LogP contribution in [-0.2, 0) is 6.54 Å². The summed E-state index contributed by atoms with van der Waals surface area (Å²) in [6.07, 6.45) is 5.89. The molecule has 0 aliphatic carbocycles. The zero-order valence-corrected chi connectivity index (χ0v) is 15.7. The maximum Gasteiger partial charge on any atom is 0.289 e. The second-order valence-corrected chi connectivity index (χ2v) is 6.86. The summed E-state index contributed by atoms with van der Waals surface area (Å²) in [7, 11) is 4.19. The van der Waals surface area contributed by atoms with Crippen LogP contribution in [0.2, 0.25) is 0 Å². The van der Waals surface area contributed by atoms with Crippen LogP contribution in [0, 0.1) is 13.8 Å². The minimum absolute atomic E-state index is 0.202. The summed E-state index contributed by atoms with van der Waals surface area (Å²) in [5, 5.41) is 2.84. The number of anilines is 1. The van der Waals surface area contributed by atoms with Crippen molar-refractivity contribution in [2.75, 3.05) is 32.1 Å². The minimum Gasteiger partial charge on any atom is -0.355 e. The van der Waals surface area contributed by atoms with Gasteiger partial charge in [-0.15, -0.1) is 0 Å². The standard InChI is InChI=1S/C18H25N7O/c1-12-13(2)22-16(18(26)21-9-14-7-19-11-20-8-14)23-17(12)25-6-5-15(10-25)24(3)4/h7-8,11,15H,5-6,9-10H2,1-4H3,(H,21,26)/t15-/m1/s1. The molecule has 8 nitrogen and oxygen atoms in total. The molecular formula is C18H25N7O. The molecule has 2 aromatic rings. The molecule has 1 atom stereocenters. The molecule has 26 heavy (non-hydrogen) atoms. The molecule has 0 unspecified atom stereocenters. The average Bonchev–Trinajstić information content (AvgIpc) is 3.13. The third-order valence-electron chi connectivity index (χ3n) is 4.83. The van der Waals surface area contributed by atoms with Crippen LogP contribution in [0.15, 0.2) is 18.7 Å². The van der Waals surface area contributed by atoms with Gasteiger partial charge in [0.1, 0.15) is 12.1 Å². The minimum atomic E-state index is -0.290. The summed E-state index contributed by atoms with van der Waals surface area (Å²) < 4.78 is 0. The highest BCUT2D eigenvalue weighted by atomic mass is 16.2. The zero-order valence-electron chi connectivity index (χ0n) is 15.7. The molecule has 0 radical (unpaired) electrons. The van der Waals surface area contributed by atoms with Gasteiger partial charge in [-0.25, -0.2) is 19.9 Å². The topological polar surface area (TPSA) is 87.1 Å². The van der Waals surface area contributed by atoms with Crippen molar-refractivity contribution < 1.29 is 4.79 Å². The van der Waals surface area contributed by atoms with Crippen molar-refractivity contribution in [3.05, 3.63) is 41.4 Å². The molecule has 1 amide bonds. The van der Waals surface area contributed by atoms with Crippen LogP contribution in [0.3, 0.4) is 0 Å². The third kappa shape index (κ3) is 3.96. The molecule has 1 N–H and O–H groups in total. The van der Waals surface area contributed by atoms with Crippen molar-refractivity contribution in [3.8, 4) is 0 Å². The van der Waals surface area contributed by atoms with E-state index in [0.29, 0.717) is 12.6 Å². The number of carbonyl (C=O) groups excluding carboxylic acids is 1. The van der Waals surface area contributed by atoms with Gasteiger partial charge in [-0.05, 0) is 34.4 Å². The predicted molar refractivity (Wildman–Crippen MR) is 99.0 cm³/mol. The first-order chi connectivity index (χ1) is 12.5. The summed E-state index contributed by atoms with van der Waals surface area (Å²) in [5.74, 6) is 0.768. The van der Waals surface area contributed by atoms with Crippen molar-refractivity contribution in [1.29, 1.82) is 0 Å². The Morgan fingerprint density at radius 2 is 2.00 bits per heavy atom. The number of likely N-dealkylation sites (N-methyl/N-ethyl adjacent to an activating group) is 1. The summed E-state index contributed by atoms with van der Waals surface area (Å²) >= 11 is 0. The second kappa shape index (κ2) is 7.74. The zero-order chi connectivity index (χ0) is 18.7. The smallest absolute Gasteiger partial charge is 0.289 e. The van der Waals surface area contributed by atoms with Crippen LogP contribution in [0.4, 0.5) is 5.82 Å². The van der Waals surface area contributed by atoms with Crippen LogP contribution in [0.5, 0.6) is 0 Å². The molecule has 1 saturated heterocycles. The van der Waals surface area contributed by atoms with E-state index in [4.69, 9.17) is 0 Å². The second-order valence-electron chi connectivity index (χ2n) is 6.86. The maximum atomic E-state index is 12.5. The molecule has 3 rings (SSSR count). The number of hydrogen-bond acceptors (Lipinski definition) is 7. The molecular weight excluding hydrogens is 330 g/mol. The number of amides is 1. The summed E-state index contributed by atoms with van der Waals surface area (Å²) in [5.41, 5.74) is 2.69. The number of hydrogen-bond donors (Lipinski definition) is 1. The fourth-order valence-corrected chi connectivity index (χ4v) is 3.06. The van der Waals surface area contributed by atoms with E-state index < -0.39 is 0 Å². The molecule has 0 spiro atoms. The molecule has 0 bridgehead atoms. The molecule has 8 heteroatoms. The van der Waals surface area contributed by atoms with Gasteiger partial charge in [-0.3, -0.25) is 4.79 Å². The molecule has 138 valence electrons. The third-order valence-corrected chi connectivity index (χ3v) is 4.83. The monoisotopic (exact) mass is 355 g/mol. The number of aryl methyl sites for hydroxylation is 1. The van der Waals surface area contributed by atoms with Crippen molar-refractivity contribution in [2.24, 2.45) is 0 Å².